The van der Waals surface area contributed by atoms with Crippen molar-refractivity contribution in [2.75, 3.05) is 12.3 Å². The summed E-state index contributed by atoms with van der Waals surface area (Å²) < 4.78 is 26.7. The number of sulfonamides is 1. The Bertz CT molecular complexity index is 876. The van der Waals surface area contributed by atoms with Crippen LogP contribution in [0.5, 0.6) is 0 Å². The van der Waals surface area contributed by atoms with Crippen LogP contribution >= 0.6 is 35.0 Å². The summed E-state index contributed by atoms with van der Waals surface area (Å²) in [5.74, 6) is 1.14. The second-order valence-corrected chi connectivity index (χ2v) is 8.66. The molecule has 134 valence electrons. The van der Waals surface area contributed by atoms with Gasteiger partial charge in [-0.15, -0.1) is 0 Å². The van der Waals surface area contributed by atoms with Gasteiger partial charge in [-0.2, -0.15) is 11.8 Å². The number of benzene rings is 2. The number of hydrogen-bond acceptors (Lipinski definition) is 5. The first-order chi connectivity index (χ1) is 11.8. The highest BCUT2D eigenvalue weighted by Gasteiger charge is 2.17. The predicted molar refractivity (Wildman–Crippen MR) is 101 cm³/mol. The van der Waals surface area contributed by atoms with E-state index in [0.717, 1.165) is 11.6 Å². The molecule has 0 heterocycles. The normalized spacial score (nSPS) is 11.4. The molecular weight excluding hydrogens is 407 g/mol. The summed E-state index contributed by atoms with van der Waals surface area (Å²) in [5, 5.41) is 11.9. The quantitative estimate of drug-likeness (QED) is 0.394. The van der Waals surface area contributed by atoms with Gasteiger partial charge in [-0.05, 0) is 23.8 Å². The number of rotatable bonds is 8. The molecule has 2 rings (SSSR count). The third kappa shape index (κ3) is 5.86. The van der Waals surface area contributed by atoms with Crippen LogP contribution in [0.3, 0.4) is 0 Å². The van der Waals surface area contributed by atoms with Crippen molar-refractivity contribution in [3.63, 3.8) is 0 Å². The fraction of sp³-hybridized carbons (Fsp3) is 0.200. The molecule has 0 amide bonds. The van der Waals surface area contributed by atoms with Gasteiger partial charge >= 0.3 is 0 Å². The van der Waals surface area contributed by atoms with Crippen molar-refractivity contribution in [2.45, 2.75) is 10.6 Å². The second-order valence-electron chi connectivity index (χ2n) is 4.94. The van der Waals surface area contributed by atoms with Gasteiger partial charge in [0.05, 0.1) is 9.82 Å². The minimum atomic E-state index is -3.79. The van der Waals surface area contributed by atoms with Gasteiger partial charge in [0.1, 0.15) is 0 Å². The third-order valence-electron chi connectivity index (χ3n) is 3.15. The number of hydrogen-bond donors (Lipinski definition) is 1. The van der Waals surface area contributed by atoms with Crippen molar-refractivity contribution < 1.29 is 13.3 Å². The van der Waals surface area contributed by atoms with Gasteiger partial charge in [-0.25, -0.2) is 13.1 Å². The summed E-state index contributed by atoms with van der Waals surface area (Å²) >= 11 is 13.4. The Morgan fingerprint density at radius 2 is 1.92 bits per heavy atom. The van der Waals surface area contributed by atoms with Gasteiger partial charge in [0.2, 0.25) is 10.0 Å². The molecule has 6 nitrogen and oxygen atoms in total. The average molecular weight is 421 g/mol. The highest BCUT2D eigenvalue weighted by molar-refractivity contribution is 7.98. The largest absolute Gasteiger partial charge is 0.270 e. The maximum Gasteiger partial charge on any atom is 0.270 e. The van der Waals surface area contributed by atoms with Crippen LogP contribution in [0.25, 0.3) is 0 Å². The van der Waals surface area contributed by atoms with Gasteiger partial charge < -0.3 is 0 Å². The Labute approximate surface area is 159 Å². The molecule has 0 saturated carbocycles. The lowest BCUT2D eigenvalue weighted by molar-refractivity contribution is -0.385. The monoisotopic (exact) mass is 420 g/mol. The lowest BCUT2D eigenvalue weighted by atomic mass is 10.2. The number of non-ortho nitro benzene ring substituents is 1. The second kappa shape index (κ2) is 8.86. The first-order valence-corrected chi connectivity index (χ1v) is 10.4. The molecule has 1 N–H and O–H groups in total. The molecule has 2 aromatic rings. The molecule has 0 aliphatic carbocycles. The van der Waals surface area contributed by atoms with E-state index in [1.165, 1.54) is 30.0 Å². The SMILES string of the molecule is O=[N+]([O-])c1cccc(S(=O)(=O)NCCSCc2ccc(Cl)cc2Cl)c1. The number of nitrogens with zero attached hydrogens (tertiary/aromatic N) is 1. The zero-order valence-corrected chi connectivity index (χ0v) is 16.0. The van der Waals surface area contributed by atoms with Crippen LogP contribution in [-0.2, 0) is 15.8 Å². The predicted octanol–water partition coefficient (Wildman–Crippen LogP) is 4.11. The summed E-state index contributed by atoms with van der Waals surface area (Å²) in [6.07, 6.45) is 0. The van der Waals surface area contributed by atoms with Gasteiger partial charge in [0.25, 0.3) is 5.69 Å². The molecule has 10 heteroatoms. The van der Waals surface area contributed by atoms with Crippen LogP contribution in [0.1, 0.15) is 5.56 Å². The minimum absolute atomic E-state index is 0.132. The molecule has 2 aromatic carbocycles. The van der Waals surface area contributed by atoms with Crippen LogP contribution < -0.4 is 4.72 Å². The number of thioether (sulfide) groups is 1. The van der Waals surface area contributed by atoms with Crippen molar-refractivity contribution in [1.82, 2.24) is 4.72 Å². The highest BCUT2D eigenvalue weighted by Crippen LogP contribution is 2.24. The topological polar surface area (TPSA) is 89.3 Å². The molecular formula is C15H14Cl2N2O4S2. The smallest absolute Gasteiger partial charge is 0.258 e. The Morgan fingerprint density at radius 1 is 1.16 bits per heavy atom. The first-order valence-electron chi connectivity index (χ1n) is 7.05. The van der Waals surface area contributed by atoms with Crippen molar-refractivity contribution in [2.24, 2.45) is 0 Å². The number of nitro benzene ring substituents is 1. The van der Waals surface area contributed by atoms with Crippen molar-refractivity contribution >= 4 is 50.7 Å². The van der Waals surface area contributed by atoms with E-state index in [1.54, 1.807) is 12.1 Å². The molecule has 0 aromatic heterocycles. The molecule has 0 radical (unpaired) electrons. The molecule has 0 atom stereocenters. The van der Waals surface area contributed by atoms with Crippen LogP contribution in [-0.4, -0.2) is 25.6 Å². The third-order valence-corrected chi connectivity index (χ3v) is 6.20. The van der Waals surface area contributed by atoms with E-state index in [0.29, 0.717) is 21.6 Å². The van der Waals surface area contributed by atoms with E-state index < -0.39 is 14.9 Å². The standard InChI is InChI=1S/C15H14Cl2N2O4S2/c16-12-5-4-11(15(17)8-12)10-24-7-6-18-25(22,23)14-3-1-2-13(9-14)19(20)21/h1-5,8-9,18H,6-7,10H2. The highest BCUT2D eigenvalue weighted by atomic mass is 35.5. The van der Waals surface area contributed by atoms with Crippen LogP contribution in [0.2, 0.25) is 10.0 Å². The number of nitrogens with one attached hydrogen (secondary N) is 1. The molecule has 0 spiro atoms. The van der Waals surface area contributed by atoms with Crippen LogP contribution in [0.15, 0.2) is 47.4 Å². The Kier molecular flexibility index (Phi) is 7.09. The van der Waals surface area contributed by atoms with Gasteiger partial charge in [0, 0.05) is 40.2 Å². The zero-order valence-electron chi connectivity index (χ0n) is 12.8. The Balaban J connectivity index is 1.86. The molecule has 0 bridgehead atoms. The Morgan fingerprint density at radius 3 is 2.60 bits per heavy atom. The van der Waals surface area contributed by atoms with Crippen LogP contribution in [0.4, 0.5) is 5.69 Å². The van der Waals surface area contributed by atoms with Crippen LogP contribution in [0, 0.1) is 10.1 Å². The molecule has 0 aliphatic rings. The summed E-state index contributed by atoms with van der Waals surface area (Å²) in [7, 11) is -3.79. The van der Waals surface area contributed by atoms with E-state index in [-0.39, 0.29) is 17.1 Å². The van der Waals surface area contributed by atoms with E-state index in [2.05, 4.69) is 4.72 Å². The van der Waals surface area contributed by atoms with E-state index in [4.69, 9.17) is 23.2 Å². The number of halogens is 2. The van der Waals surface area contributed by atoms with Gasteiger partial charge in [-0.1, -0.05) is 35.3 Å². The lowest BCUT2D eigenvalue weighted by Gasteiger charge is -2.07. The van der Waals surface area contributed by atoms with E-state index >= 15 is 0 Å². The zero-order chi connectivity index (χ0) is 18.4. The fourth-order valence-electron chi connectivity index (χ4n) is 1.92. The molecule has 0 saturated heterocycles. The maximum atomic E-state index is 12.2. The molecule has 0 aliphatic heterocycles. The fourth-order valence-corrected chi connectivity index (χ4v) is 4.53. The Hall–Kier alpha value is -1.32. The number of nitro groups is 1. The minimum Gasteiger partial charge on any atom is -0.258 e. The molecule has 25 heavy (non-hydrogen) atoms. The van der Waals surface area contributed by atoms with Crippen molar-refractivity contribution in [3.8, 4) is 0 Å². The summed E-state index contributed by atoms with van der Waals surface area (Å²) in [5.41, 5.74) is 0.646. The van der Waals surface area contributed by atoms with Crippen molar-refractivity contribution in [3.05, 3.63) is 68.2 Å². The van der Waals surface area contributed by atoms with Crippen molar-refractivity contribution in [1.29, 1.82) is 0 Å². The summed E-state index contributed by atoms with van der Waals surface area (Å²) in [6.45, 7) is 0.195. The molecule has 0 unspecified atom stereocenters. The lowest BCUT2D eigenvalue weighted by Crippen LogP contribution is -2.26. The summed E-state index contributed by atoms with van der Waals surface area (Å²) in [4.78, 5) is 9.96. The first kappa shape index (κ1) is 20.0. The van der Waals surface area contributed by atoms with E-state index in [1.807, 2.05) is 6.07 Å². The van der Waals surface area contributed by atoms with E-state index in [9.17, 15) is 18.5 Å². The molecule has 0 fully saturated rings. The summed E-state index contributed by atoms with van der Waals surface area (Å²) in [6, 6.07) is 10.1. The average Bonchev–Trinajstić information content (AvgIpc) is 2.56. The van der Waals surface area contributed by atoms with Gasteiger partial charge in [0.15, 0.2) is 0 Å². The maximum absolute atomic E-state index is 12.2. The van der Waals surface area contributed by atoms with Gasteiger partial charge in [-0.3, -0.25) is 10.1 Å².